The van der Waals surface area contributed by atoms with Crippen molar-refractivity contribution in [2.75, 3.05) is 11.9 Å². The number of thiophene rings is 1. The Balaban J connectivity index is 1.71. The van der Waals surface area contributed by atoms with E-state index >= 15 is 0 Å². The minimum Gasteiger partial charge on any atom is -0.462 e. The van der Waals surface area contributed by atoms with Crippen molar-refractivity contribution in [2.24, 2.45) is 0 Å². The van der Waals surface area contributed by atoms with Gasteiger partial charge in [-0.3, -0.25) is 4.79 Å². The Kier molecular flexibility index (Phi) is 6.69. The highest BCUT2D eigenvalue weighted by Gasteiger charge is 2.25. The monoisotopic (exact) mass is 482 g/mol. The summed E-state index contributed by atoms with van der Waals surface area (Å²) in [6.45, 7) is 3.88. The zero-order chi connectivity index (χ0) is 22.7. The van der Waals surface area contributed by atoms with Gasteiger partial charge in [0.15, 0.2) is 0 Å². The molecular weight excluding hydrogens is 464 g/mol. The van der Waals surface area contributed by atoms with Gasteiger partial charge in [0.1, 0.15) is 14.9 Å². The van der Waals surface area contributed by atoms with Crippen LogP contribution in [0.2, 0.25) is 5.02 Å². The van der Waals surface area contributed by atoms with E-state index in [0.717, 1.165) is 31.9 Å². The van der Waals surface area contributed by atoms with Gasteiger partial charge in [0.2, 0.25) is 5.91 Å². The Bertz CT molecular complexity index is 1310. The maximum absolute atomic E-state index is 12.7. The van der Waals surface area contributed by atoms with E-state index < -0.39 is 5.97 Å². The molecule has 2 heterocycles. The van der Waals surface area contributed by atoms with Gasteiger partial charge in [-0.2, -0.15) is 0 Å². The van der Waals surface area contributed by atoms with Crippen LogP contribution in [0.5, 0.6) is 0 Å². The summed E-state index contributed by atoms with van der Waals surface area (Å²) in [4.78, 5) is 30.4. The zero-order valence-corrected chi connectivity index (χ0v) is 19.7. The van der Waals surface area contributed by atoms with Crippen molar-refractivity contribution < 1.29 is 14.3 Å². The SMILES string of the molecule is CCOC(=O)c1sc(NC(=O)/C=C/c2ccccc2Cl)c(-c2nc3ccccc3s2)c1C. The van der Waals surface area contributed by atoms with Crippen LogP contribution in [0.3, 0.4) is 0 Å². The second kappa shape index (κ2) is 9.65. The van der Waals surface area contributed by atoms with E-state index in [1.807, 2.05) is 49.4 Å². The zero-order valence-electron chi connectivity index (χ0n) is 17.3. The molecule has 0 saturated carbocycles. The number of nitrogens with zero attached hydrogens (tertiary/aromatic N) is 1. The number of esters is 1. The summed E-state index contributed by atoms with van der Waals surface area (Å²) in [5.41, 5.74) is 3.08. The molecule has 0 aliphatic heterocycles. The lowest BCUT2D eigenvalue weighted by Gasteiger charge is -2.03. The fraction of sp³-hybridized carbons (Fsp3) is 0.125. The first-order valence-electron chi connectivity index (χ1n) is 9.88. The van der Waals surface area contributed by atoms with Gasteiger partial charge in [0, 0.05) is 16.7 Å². The van der Waals surface area contributed by atoms with Gasteiger partial charge in [0.05, 0.1) is 16.8 Å². The largest absolute Gasteiger partial charge is 0.462 e. The molecule has 1 N–H and O–H groups in total. The number of thiazole rings is 1. The number of carbonyl (C=O) groups excluding carboxylic acids is 2. The molecule has 162 valence electrons. The summed E-state index contributed by atoms with van der Waals surface area (Å²) in [5.74, 6) is -0.742. The number of amides is 1. The number of aromatic nitrogens is 1. The lowest BCUT2D eigenvalue weighted by atomic mass is 10.1. The number of para-hydroxylation sites is 1. The Morgan fingerprint density at radius 2 is 1.88 bits per heavy atom. The quantitative estimate of drug-likeness (QED) is 0.242. The summed E-state index contributed by atoms with van der Waals surface area (Å²) < 4.78 is 6.24. The molecular formula is C24H19ClN2O3S2. The van der Waals surface area contributed by atoms with Crippen LogP contribution in [-0.4, -0.2) is 23.5 Å². The van der Waals surface area contributed by atoms with E-state index in [9.17, 15) is 9.59 Å². The van der Waals surface area contributed by atoms with Crippen LogP contribution in [0.1, 0.15) is 27.7 Å². The number of fused-ring (bicyclic) bond motifs is 1. The lowest BCUT2D eigenvalue weighted by Crippen LogP contribution is -2.07. The van der Waals surface area contributed by atoms with Crippen LogP contribution in [0.25, 0.3) is 26.9 Å². The Morgan fingerprint density at radius 1 is 1.12 bits per heavy atom. The molecule has 2 aromatic heterocycles. The second-order valence-corrected chi connectivity index (χ2v) is 9.27. The van der Waals surface area contributed by atoms with Crippen molar-refractivity contribution in [3.05, 3.63) is 75.6 Å². The van der Waals surface area contributed by atoms with Gasteiger partial charge in [-0.05, 0) is 49.2 Å². The minimum absolute atomic E-state index is 0.273. The summed E-state index contributed by atoms with van der Waals surface area (Å²) in [7, 11) is 0. The normalized spacial score (nSPS) is 11.2. The van der Waals surface area contributed by atoms with Crippen LogP contribution in [0.15, 0.2) is 54.6 Å². The van der Waals surface area contributed by atoms with Gasteiger partial charge < -0.3 is 10.1 Å². The number of hydrogen-bond acceptors (Lipinski definition) is 6. The van der Waals surface area contributed by atoms with E-state index in [-0.39, 0.29) is 12.5 Å². The minimum atomic E-state index is -0.413. The molecule has 0 saturated heterocycles. The number of anilines is 1. The van der Waals surface area contributed by atoms with Gasteiger partial charge in [0.25, 0.3) is 0 Å². The molecule has 0 aliphatic carbocycles. The molecule has 0 aliphatic rings. The molecule has 4 rings (SSSR count). The maximum atomic E-state index is 12.7. The third-order valence-corrected chi connectivity index (χ3v) is 7.26. The van der Waals surface area contributed by atoms with E-state index in [1.165, 1.54) is 28.7 Å². The summed E-state index contributed by atoms with van der Waals surface area (Å²) in [6.07, 6.45) is 3.07. The summed E-state index contributed by atoms with van der Waals surface area (Å²) in [5, 5.41) is 4.76. The molecule has 8 heteroatoms. The predicted molar refractivity (Wildman–Crippen MR) is 133 cm³/mol. The molecule has 0 fully saturated rings. The van der Waals surface area contributed by atoms with Crippen LogP contribution < -0.4 is 5.32 Å². The fourth-order valence-electron chi connectivity index (χ4n) is 3.16. The molecule has 4 aromatic rings. The Morgan fingerprint density at radius 3 is 2.62 bits per heavy atom. The number of nitrogens with one attached hydrogen (secondary N) is 1. The average molecular weight is 483 g/mol. The van der Waals surface area contributed by atoms with Crippen molar-refractivity contribution >= 4 is 67.4 Å². The Hall–Kier alpha value is -3.00. The van der Waals surface area contributed by atoms with Crippen molar-refractivity contribution in [2.45, 2.75) is 13.8 Å². The fourth-order valence-corrected chi connectivity index (χ4v) is 5.60. The molecule has 0 radical (unpaired) electrons. The number of ether oxygens (including phenoxy) is 1. The number of carbonyl (C=O) groups is 2. The first-order chi connectivity index (χ1) is 15.5. The van der Waals surface area contributed by atoms with E-state index in [0.29, 0.717) is 14.9 Å². The second-order valence-electron chi connectivity index (χ2n) is 6.81. The third-order valence-electron chi connectivity index (χ3n) is 4.67. The van der Waals surface area contributed by atoms with Gasteiger partial charge in [-0.15, -0.1) is 22.7 Å². The van der Waals surface area contributed by atoms with Gasteiger partial charge in [-0.25, -0.2) is 9.78 Å². The molecule has 32 heavy (non-hydrogen) atoms. The predicted octanol–water partition coefficient (Wildman–Crippen LogP) is 6.82. The van der Waals surface area contributed by atoms with Crippen molar-refractivity contribution in [1.29, 1.82) is 0 Å². The van der Waals surface area contributed by atoms with Crippen LogP contribution >= 0.6 is 34.3 Å². The number of hydrogen-bond donors (Lipinski definition) is 1. The van der Waals surface area contributed by atoms with Crippen molar-refractivity contribution in [1.82, 2.24) is 4.98 Å². The standard InChI is InChI=1S/C24H19ClN2O3S2/c1-3-30-24(29)21-14(2)20(22-26-17-10-6-7-11-18(17)31-22)23(32-21)27-19(28)13-12-15-8-4-5-9-16(15)25/h4-13H,3H2,1-2H3,(H,27,28)/b13-12+. The highest BCUT2D eigenvalue weighted by Crippen LogP contribution is 2.43. The molecule has 1 amide bonds. The number of rotatable bonds is 6. The molecule has 0 atom stereocenters. The van der Waals surface area contributed by atoms with Crippen LogP contribution in [0.4, 0.5) is 5.00 Å². The summed E-state index contributed by atoms with van der Waals surface area (Å²) >= 11 is 8.87. The van der Waals surface area contributed by atoms with Crippen molar-refractivity contribution in [3.63, 3.8) is 0 Å². The van der Waals surface area contributed by atoms with Gasteiger partial charge >= 0.3 is 5.97 Å². The number of halogens is 1. The first-order valence-corrected chi connectivity index (χ1v) is 11.9. The highest BCUT2D eigenvalue weighted by molar-refractivity contribution is 7.23. The maximum Gasteiger partial charge on any atom is 0.348 e. The smallest absolute Gasteiger partial charge is 0.348 e. The third kappa shape index (κ3) is 4.60. The van der Waals surface area contributed by atoms with Crippen LogP contribution in [-0.2, 0) is 9.53 Å². The molecule has 0 bridgehead atoms. The molecule has 0 unspecified atom stereocenters. The van der Waals surface area contributed by atoms with Crippen LogP contribution in [0, 0.1) is 6.92 Å². The topological polar surface area (TPSA) is 68.3 Å². The molecule has 5 nitrogen and oxygen atoms in total. The van der Waals surface area contributed by atoms with E-state index in [4.69, 9.17) is 21.3 Å². The number of benzene rings is 2. The first kappa shape index (κ1) is 22.2. The molecule has 2 aromatic carbocycles. The highest BCUT2D eigenvalue weighted by atomic mass is 35.5. The van der Waals surface area contributed by atoms with Crippen molar-refractivity contribution in [3.8, 4) is 10.6 Å². The average Bonchev–Trinajstić information content (AvgIpc) is 3.33. The van der Waals surface area contributed by atoms with Gasteiger partial charge in [-0.1, -0.05) is 41.9 Å². The molecule has 0 spiro atoms. The van der Waals surface area contributed by atoms with E-state index in [2.05, 4.69) is 5.32 Å². The van der Waals surface area contributed by atoms with E-state index in [1.54, 1.807) is 19.1 Å². The lowest BCUT2D eigenvalue weighted by molar-refractivity contribution is -0.111. The Labute approximate surface area is 198 Å². The summed E-state index contributed by atoms with van der Waals surface area (Å²) in [6, 6.07) is 15.1.